The molecule has 5 aromatic carbocycles. The van der Waals surface area contributed by atoms with Gasteiger partial charge >= 0.3 is 0 Å². The molecule has 0 aliphatic carbocycles. The monoisotopic (exact) mass is 576 g/mol. The van der Waals surface area contributed by atoms with E-state index in [1.165, 1.54) is 27.8 Å². The second-order valence-electron chi connectivity index (χ2n) is 10.3. The molecule has 0 aliphatic rings. The first-order valence-electron chi connectivity index (χ1n) is 14.0. The first-order chi connectivity index (χ1) is 20.1. The molecule has 0 aliphatic heterocycles. The Morgan fingerprint density at radius 3 is 1.56 bits per heavy atom. The van der Waals surface area contributed by atoms with Crippen molar-refractivity contribution in [2.24, 2.45) is 0 Å². The van der Waals surface area contributed by atoms with Crippen LogP contribution in [0.5, 0.6) is 5.75 Å². The van der Waals surface area contributed by atoms with Crippen LogP contribution < -0.4 is 14.7 Å². The van der Waals surface area contributed by atoms with Crippen molar-refractivity contribution in [2.75, 3.05) is 0 Å². The van der Waals surface area contributed by atoms with E-state index in [1.807, 2.05) is 36.4 Å². The van der Waals surface area contributed by atoms with Crippen molar-refractivity contribution in [1.29, 1.82) is 0 Å². The van der Waals surface area contributed by atoms with Crippen molar-refractivity contribution in [2.45, 2.75) is 31.6 Å². The molecule has 0 saturated carbocycles. The second kappa shape index (κ2) is 15.0. The number of nitrogens with one attached hydrogen (secondary N) is 2. The summed E-state index contributed by atoms with van der Waals surface area (Å²) in [7, 11) is -2.64. The van der Waals surface area contributed by atoms with Crippen molar-refractivity contribution in [3.8, 4) is 5.75 Å². The largest absolute Gasteiger partial charge is 0.463 e. The molecular weight excluding hydrogens is 538 g/mol. The summed E-state index contributed by atoms with van der Waals surface area (Å²) in [5.74, 6) is 0.849. The van der Waals surface area contributed by atoms with Gasteiger partial charge in [0.05, 0.1) is 0 Å². The standard InChI is InChI=1S/C36H38N2OP2/c1-41(30-33-19-10-4-11-20-33,39-36-23-12-5-13-24-36)38-27-35-22-14-21-34(25-35)26-37-40(28-31-15-6-2-7-16-31)29-32-17-8-3-9-18-32/h2-25,37-38H,1,26-30H2. The SMILES string of the molecule is C=P(Cc1ccccc1)(NCc1cccc(CNP(Cc2ccccc2)Cc2ccccc2)c1)Oc1ccccc1. The van der Waals surface area contributed by atoms with Crippen molar-refractivity contribution >= 4 is 21.6 Å². The Morgan fingerprint density at radius 1 is 0.537 bits per heavy atom. The molecule has 0 saturated heterocycles. The highest BCUT2D eigenvalue weighted by molar-refractivity contribution is 7.66. The smallest absolute Gasteiger partial charge is 0.124 e. The van der Waals surface area contributed by atoms with E-state index in [4.69, 9.17) is 4.52 Å². The van der Waals surface area contributed by atoms with Crippen LogP contribution in [0.2, 0.25) is 0 Å². The molecule has 3 nitrogen and oxygen atoms in total. The summed E-state index contributed by atoms with van der Waals surface area (Å²) in [4.78, 5) is 0. The van der Waals surface area contributed by atoms with Crippen LogP contribution in [0, 0.1) is 0 Å². The highest BCUT2D eigenvalue weighted by atomic mass is 31.2. The fourth-order valence-electron chi connectivity index (χ4n) is 4.75. The number of hydrogen-bond acceptors (Lipinski definition) is 3. The highest BCUT2D eigenvalue weighted by Gasteiger charge is 2.18. The van der Waals surface area contributed by atoms with Gasteiger partial charge < -0.3 is 4.52 Å². The normalized spacial score (nSPS) is 12.6. The molecule has 5 rings (SSSR count). The first-order valence-corrected chi connectivity index (χ1v) is 17.8. The van der Waals surface area contributed by atoms with Gasteiger partial charge in [-0.2, -0.15) is 0 Å². The third kappa shape index (κ3) is 9.56. The molecular formula is C36H38N2OP2. The molecule has 5 heteroatoms. The molecule has 0 spiro atoms. The number of para-hydroxylation sites is 1. The maximum Gasteiger partial charge on any atom is 0.124 e. The molecule has 0 bridgehead atoms. The molecule has 0 fully saturated rings. The summed E-state index contributed by atoms with van der Waals surface area (Å²) in [6.07, 6.45) is 7.47. The van der Waals surface area contributed by atoms with Crippen LogP contribution in [0.1, 0.15) is 27.8 Å². The van der Waals surface area contributed by atoms with E-state index >= 15 is 0 Å². The molecule has 0 radical (unpaired) electrons. The van der Waals surface area contributed by atoms with E-state index in [0.29, 0.717) is 6.54 Å². The summed E-state index contributed by atoms with van der Waals surface area (Å²) in [6.45, 7) is 1.54. The van der Waals surface area contributed by atoms with Gasteiger partial charge in [0.25, 0.3) is 0 Å². The molecule has 1 unspecified atom stereocenters. The molecule has 0 amide bonds. The lowest BCUT2D eigenvalue weighted by atomic mass is 10.1. The van der Waals surface area contributed by atoms with E-state index in [9.17, 15) is 0 Å². The van der Waals surface area contributed by atoms with Crippen LogP contribution in [0.25, 0.3) is 0 Å². The number of benzene rings is 5. The average molecular weight is 577 g/mol. The van der Waals surface area contributed by atoms with Crippen LogP contribution in [-0.4, -0.2) is 6.30 Å². The van der Waals surface area contributed by atoms with Crippen LogP contribution in [-0.2, 0) is 31.6 Å². The van der Waals surface area contributed by atoms with Crippen LogP contribution in [0.15, 0.2) is 146 Å². The number of hydrogen-bond donors (Lipinski definition) is 2. The summed E-state index contributed by atoms with van der Waals surface area (Å²) >= 11 is 0. The van der Waals surface area contributed by atoms with Gasteiger partial charge in [0.1, 0.15) is 13.0 Å². The van der Waals surface area contributed by atoms with Gasteiger partial charge in [0.15, 0.2) is 0 Å². The zero-order chi connectivity index (χ0) is 28.2. The van der Waals surface area contributed by atoms with Crippen molar-refractivity contribution in [3.05, 3.63) is 173 Å². The van der Waals surface area contributed by atoms with E-state index < -0.39 is 15.3 Å². The van der Waals surface area contributed by atoms with Crippen LogP contribution in [0.3, 0.4) is 0 Å². The minimum atomic E-state index is -2.22. The Morgan fingerprint density at radius 2 is 1.00 bits per heavy atom. The molecule has 0 aromatic heterocycles. The van der Waals surface area contributed by atoms with E-state index in [1.54, 1.807) is 0 Å². The zero-order valence-electron chi connectivity index (χ0n) is 23.4. The summed E-state index contributed by atoms with van der Waals surface area (Å²) in [6, 6.07) is 51.0. The van der Waals surface area contributed by atoms with E-state index in [2.05, 4.69) is 126 Å². The quantitative estimate of drug-likeness (QED) is 0.129. The topological polar surface area (TPSA) is 33.3 Å². The Bertz CT molecular complexity index is 1430. The average Bonchev–Trinajstić information content (AvgIpc) is 3.01. The maximum absolute atomic E-state index is 6.53. The molecule has 208 valence electrons. The predicted octanol–water partition coefficient (Wildman–Crippen LogP) is 9.22. The molecule has 1 atom stereocenters. The summed E-state index contributed by atoms with van der Waals surface area (Å²) < 4.78 is 6.53. The molecule has 0 heterocycles. The summed E-state index contributed by atoms with van der Waals surface area (Å²) in [5, 5.41) is 7.64. The van der Waals surface area contributed by atoms with Crippen molar-refractivity contribution < 1.29 is 4.52 Å². The summed E-state index contributed by atoms with van der Waals surface area (Å²) in [5.41, 5.74) is 6.51. The molecule has 2 N–H and O–H groups in total. The third-order valence-electron chi connectivity index (χ3n) is 6.81. The van der Waals surface area contributed by atoms with Crippen molar-refractivity contribution in [1.82, 2.24) is 10.2 Å². The Kier molecular flexibility index (Phi) is 10.6. The Labute approximate surface area is 246 Å². The van der Waals surface area contributed by atoms with Gasteiger partial charge in [-0.05, 0) is 48.0 Å². The van der Waals surface area contributed by atoms with Gasteiger partial charge in [-0.1, -0.05) is 140 Å². The lowest BCUT2D eigenvalue weighted by Gasteiger charge is -2.27. The minimum absolute atomic E-state index is 0.420. The predicted molar refractivity (Wildman–Crippen MR) is 179 cm³/mol. The molecule has 5 aromatic rings. The van der Waals surface area contributed by atoms with Crippen LogP contribution >= 0.6 is 15.3 Å². The fourth-order valence-corrected chi connectivity index (χ4v) is 8.83. The number of rotatable bonds is 14. The van der Waals surface area contributed by atoms with E-state index in [0.717, 1.165) is 30.8 Å². The fraction of sp³-hybridized carbons (Fsp3) is 0.139. The lowest BCUT2D eigenvalue weighted by Crippen LogP contribution is -2.17. The second-order valence-corrected chi connectivity index (χ2v) is 14.9. The van der Waals surface area contributed by atoms with Gasteiger partial charge in [-0.3, -0.25) is 10.2 Å². The highest BCUT2D eigenvalue weighted by Crippen LogP contribution is 2.46. The van der Waals surface area contributed by atoms with Crippen LogP contribution in [0.4, 0.5) is 0 Å². The Balaban J connectivity index is 1.25. The zero-order valence-corrected chi connectivity index (χ0v) is 25.2. The van der Waals surface area contributed by atoms with Gasteiger partial charge in [0.2, 0.25) is 0 Å². The van der Waals surface area contributed by atoms with Gasteiger partial charge in [-0.15, -0.1) is 0 Å². The van der Waals surface area contributed by atoms with Gasteiger partial charge in [-0.25, -0.2) is 0 Å². The minimum Gasteiger partial charge on any atom is -0.463 e. The third-order valence-corrected chi connectivity index (χ3v) is 11.1. The molecule has 41 heavy (non-hydrogen) atoms. The Hall–Kier alpha value is -3.45. The van der Waals surface area contributed by atoms with Crippen molar-refractivity contribution in [3.63, 3.8) is 0 Å². The van der Waals surface area contributed by atoms with Gasteiger partial charge in [0, 0.05) is 31.6 Å². The van der Waals surface area contributed by atoms with E-state index in [-0.39, 0.29) is 0 Å². The lowest BCUT2D eigenvalue weighted by molar-refractivity contribution is 0.590. The first kappa shape index (κ1) is 29.1. The maximum atomic E-state index is 6.53.